The number of rotatable bonds is 4. The molecule has 1 heterocycles. The molecule has 23 heavy (non-hydrogen) atoms. The van der Waals surface area contributed by atoms with Crippen molar-refractivity contribution < 1.29 is 19.0 Å². The number of ether oxygens (including phenoxy) is 3. The first kappa shape index (κ1) is 15.2. The second-order valence-electron chi connectivity index (χ2n) is 5.52. The van der Waals surface area contributed by atoms with Crippen molar-refractivity contribution in [3.8, 4) is 17.2 Å². The van der Waals surface area contributed by atoms with Crippen molar-refractivity contribution in [2.24, 2.45) is 0 Å². The van der Waals surface area contributed by atoms with Crippen molar-refractivity contribution in [1.82, 2.24) is 0 Å². The second-order valence-corrected chi connectivity index (χ2v) is 5.52. The Morgan fingerprint density at radius 2 is 1.96 bits per heavy atom. The minimum absolute atomic E-state index is 0.207. The fraction of sp³-hybridized carbons (Fsp3) is 0.278. The van der Waals surface area contributed by atoms with Crippen LogP contribution in [-0.4, -0.2) is 18.8 Å². The number of nitrogens with one attached hydrogen (secondary N) is 1. The van der Waals surface area contributed by atoms with Crippen molar-refractivity contribution in [1.29, 1.82) is 0 Å². The molecule has 1 atom stereocenters. The van der Waals surface area contributed by atoms with Crippen LogP contribution >= 0.6 is 0 Å². The van der Waals surface area contributed by atoms with Crippen molar-refractivity contribution >= 4 is 11.6 Å². The van der Waals surface area contributed by atoms with E-state index in [4.69, 9.17) is 14.2 Å². The number of fused-ring (bicyclic) bond motifs is 1. The Kier molecular flexibility index (Phi) is 4.10. The topological polar surface area (TPSA) is 56.8 Å². The van der Waals surface area contributed by atoms with Crippen LogP contribution in [0.15, 0.2) is 36.4 Å². The van der Waals surface area contributed by atoms with Gasteiger partial charge in [-0.1, -0.05) is 12.1 Å². The summed E-state index contributed by atoms with van der Waals surface area (Å²) in [6.07, 6.45) is -0.610. The molecule has 0 saturated carbocycles. The first-order chi connectivity index (χ1) is 11.0. The number of carbonyl (C=O) groups is 1. The van der Waals surface area contributed by atoms with E-state index < -0.39 is 6.10 Å². The molecule has 1 aliphatic rings. The molecule has 0 bridgehead atoms. The fourth-order valence-electron chi connectivity index (χ4n) is 2.31. The fourth-order valence-corrected chi connectivity index (χ4v) is 2.31. The van der Waals surface area contributed by atoms with Crippen LogP contribution in [-0.2, 0) is 4.79 Å². The molecular weight excluding hydrogens is 294 g/mol. The maximum absolute atomic E-state index is 12.3. The van der Waals surface area contributed by atoms with Gasteiger partial charge in [-0.3, -0.25) is 4.79 Å². The maximum atomic E-state index is 12.3. The molecule has 120 valence electrons. The highest BCUT2D eigenvalue weighted by atomic mass is 16.7. The summed E-state index contributed by atoms with van der Waals surface area (Å²) in [5.74, 6) is 1.82. The van der Waals surface area contributed by atoms with Gasteiger partial charge in [0.05, 0.1) is 0 Å². The summed E-state index contributed by atoms with van der Waals surface area (Å²) in [4.78, 5) is 12.3. The zero-order valence-corrected chi connectivity index (χ0v) is 13.4. The smallest absolute Gasteiger partial charge is 0.265 e. The lowest BCUT2D eigenvalue weighted by atomic mass is 10.1. The van der Waals surface area contributed by atoms with E-state index in [0.29, 0.717) is 17.2 Å². The van der Waals surface area contributed by atoms with Crippen LogP contribution < -0.4 is 19.5 Å². The quantitative estimate of drug-likeness (QED) is 0.939. The van der Waals surface area contributed by atoms with E-state index in [2.05, 4.69) is 5.32 Å². The van der Waals surface area contributed by atoms with Gasteiger partial charge in [0.1, 0.15) is 5.75 Å². The van der Waals surface area contributed by atoms with Crippen molar-refractivity contribution in [2.75, 3.05) is 12.1 Å². The molecule has 1 N–H and O–H groups in total. The van der Waals surface area contributed by atoms with Crippen LogP contribution in [0, 0.1) is 13.8 Å². The maximum Gasteiger partial charge on any atom is 0.265 e. The minimum atomic E-state index is -0.610. The Bertz CT molecular complexity index is 742. The third kappa shape index (κ3) is 3.23. The number of benzene rings is 2. The standard InChI is InChI=1S/C18H19NO4/c1-11-5-4-6-15(12(11)2)23-13(3)18(20)19-14-7-8-16-17(9-14)22-10-21-16/h4-9,13H,10H2,1-3H3,(H,19,20). The van der Waals surface area contributed by atoms with E-state index in [9.17, 15) is 4.79 Å². The molecule has 3 rings (SSSR count). The summed E-state index contributed by atoms with van der Waals surface area (Å²) >= 11 is 0. The molecule has 5 heteroatoms. The average Bonchev–Trinajstić information content (AvgIpc) is 2.99. The van der Waals surface area contributed by atoms with Gasteiger partial charge in [0.25, 0.3) is 5.91 Å². The van der Waals surface area contributed by atoms with Crippen LogP contribution in [0.4, 0.5) is 5.69 Å². The molecular formula is C18H19NO4. The first-order valence-corrected chi connectivity index (χ1v) is 7.48. The molecule has 0 fully saturated rings. The third-order valence-corrected chi connectivity index (χ3v) is 3.87. The Morgan fingerprint density at radius 1 is 1.17 bits per heavy atom. The number of aryl methyl sites for hydroxylation is 1. The van der Waals surface area contributed by atoms with Gasteiger partial charge in [-0.05, 0) is 50.1 Å². The third-order valence-electron chi connectivity index (χ3n) is 3.87. The molecule has 0 spiro atoms. The first-order valence-electron chi connectivity index (χ1n) is 7.48. The van der Waals surface area contributed by atoms with Gasteiger partial charge < -0.3 is 19.5 Å². The van der Waals surface area contributed by atoms with Gasteiger partial charge in [-0.15, -0.1) is 0 Å². The summed E-state index contributed by atoms with van der Waals surface area (Å²) in [6.45, 7) is 5.93. The molecule has 5 nitrogen and oxygen atoms in total. The lowest BCUT2D eigenvalue weighted by molar-refractivity contribution is -0.122. The Balaban J connectivity index is 1.67. The van der Waals surface area contributed by atoms with Crippen LogP contribution in [0.2, 0.25) is 0 Å². The number of hydrogen-bond donors (Lipinski definition) is 1. The average molecular weight is 313 g/mol. The lowest BCUT2D eigenvalue weighted by Crippen LogP contribution is -2.30. The largest absolute Gasteiger partial charge is 0.481 e. The van der Waals surface area contributed by atoms with E-state index in [1.165, 1.54) is 0 Å². The number of carbonyl (C=O) groups excluding carboxylic acids is 1. The Morgan fingerprint density at radius 3 is 2.78 bits per heavy atom. The highest BCUT2D eigenvalue weighted by molar-refractivity contribution is 5.94. The SMILES string of the molecule is Cc1cccc(OC(C)C(=O)Nc2ccc3c(c2)OCO3)c1C. The monoisotopic (exact) mass is 313 g/mol. The normalized spacial score (nSPS) is 13.5. The molecule has 0 saturated heterocycles. The van der Waals surface area contributed by atoms with Gasteiger partial charge in [0, 0.05) is 11.8 Å². The van der Waals surface area contributed by atoms with Gasteiger partial charge in [-0.25, -0.2) is 0 Å². The van der Waals surface area contributed by atoms with Gasteiger partial charge in [0.15, 0.2) is 17.6 Å². The lowest BCUT2D eigenvalue weighted by Gasteiger charge is -2.17. The molecule has 2 aromatic rings. The van der Waals surface area contributed by atoms with E-state index in [1.54, 1.807) is 25.1 Å². The van der Waals surface area contributed by atoms with Gasteiger partial charge >= 0.3 is 0 Å². The number of hydrogen-bond acceptors (Lipinski definition) is 4. The molecule has 1 amide bonds. The molecule has 1 aliphatic heterocycles. The number of amides is 1. The molecule has 2 aromatic carbocycles. The summed E-state index contributed by atoms with van der Waals surface area (Å²) in [5.41, 5.74) is 2.82. The summed E-state index contributed by atoms with van der Waals surface area (Å²) in [5, 5.41) is 2.83. The van der Waals surface area contributed by atoms with E-state index in [1.807, 2.05) is 32.0 Å². The van der Waals surface area contributed by atoms with E-state index in [0.717, 1.165) is 16.9 Å². The summed E-state index contributed by atoms with van der Waals surface area (Å²) in [7, 11) is 0. The predicted molar refractivity (Wildman–Crippen MR) is 87.2 cm³/mol. The number of anilines is 1. The predicted octanol–water partition coefficient (Wildman–Crippen LogP) is 3.44. The van der Waals surface area contributed by atoms with E-state index >= 15 is 0 Å². The molecule has 1 unspecified atom stereocenters. The Labute approximate surface area is 135 Å². The van der Waals surface area contributed by atoms with Crippen LogP contribution in [0.3, 0.4) is 0 Å². The Hall–Kier alpha value is -2.69. The minimum Gasteiger partial charge on any atom is -0.481 e. The van der Waals surface area contributed by atoms with E-state index in [-0.39, 0.29) is 12.7 Å². The van der Waals surface area contributed by atoms with Crippen LogP contribution in [0.5, 0.6) is 17.2 Å². The van der Waals surface area contributed by atoms with Crippen molar-refractivity contribution in [3.63, 3.8) is 0 Å². The van der Waals surface area contributed by atoms with Crippen LogP contribution in [0.1, 0.15) is 18.1 Å². The highest BCUT2D eigenvalue weighted by Crippen LogP contribution is 2.34. The zero-order valence-electron chi connectivity index (χ0n) is 13.4. The highest BCUT2D eigenvalue weighted by Gasteiger charge is 2.18. The van der Waals surface area contributed by atoms with Crippen molar-refractivity contribution in [3.05, 3.63) is 47.5 Å². The molecule has 0 radical (unpaired) electrons. The second kappa shape index (κ2) is 6.20. The summed E-state index contributed by atoms with van der Waals surface area (Å²) < 4.78 is 16.3. The molecule has 0 aromatic heterocycles. The van der Waals surface area contributed by atoms with Crippen LogP contribution in [0.25, 0.3) is 0 Å². The zero-order chi connectivity index (χ0) is 16.4. The van der Waals surface area contributed by atoms with Gasteiger partial charge in [0.2, 0.25) is 6.79 Å². The van der Waals surface area contributed by atoms with Gasteiger partial charge in [-0.2, -0.15) is 0 Å². The summed E-state index contributed by atoms with van der Waals surface area (Å²) in [6, 6.07) is 11.1. The molecule has 0 aliphatic carbocycles. The van der Waals surface area contributed by atoms with Crippen molar-refractivity contribution in [2.45, 2.75) is 26.9 Å².